The Morgan fingerprint density at radius 2 is 2.04 bits per heavy atom. The highest BCUT2D eigenvalue weighted by Crippen LogP contribution is 2.31. The molecular formula is C18H16N4O3. The van der Waals surface area contributed by atoms with Gasteiger partial charge in [0.05, 0.1) is 23.8 Å². The molecule has 0 saturated heterocycles. The first-order valence-corrected chi connectivity index (χ1v) is 7.93. The first-order valence-electron chi connectivity index (χ1n) is 7.93. The first kappa shape index (κ1) is 15.3. The zero-order valence-corrected chi connectivity index (χ0v) is 13.6. The molecule has 0 atom stereocenters. The largest absolute Gasteiger partial charge is 0.478 e. The zero-order chi connectivity index (χ0) is 17.4. The van der Waals surface area contributed by atoms with Crippen LogP contribution in [0.3, 0.4) is 0 Å². The number of fused-ring (bicyclic) bond motifs is 1. The molecular weight excluding hydrogens is 320 g/mol. The van der Waals surface area contributed by atoms with Crippen molar-refractivity contribution in [1.82, 2.24) is 15.0 Å². The van der Waals surface area contributed by atoms with E-state index in [-0.39, 0.29) is 5.56 Å². The van der Waals surface area contributed by atoms with Gasteiger partial charge in [-0.25, -0.2) is 14.8 Å². The molecule has 0 fully saturated rings. The summed E-state index contributed by atoms with van der Waals surface area (Å²) in [6.07, 6.45) is 8.92. The van der Waals surface area contributed by atoms with Gasteiger partial charge in [-0.3, -0.25) is 4.98 Å². The number of pyridine rings is 1. The quantitative estimate of drug-likeness (QED) is 0.786. The molecule has 25 heavy (non-hydrogen) atoms. The highest BCUT2D eigenvalue weighted by Gasteiger charge is 2.27. The van der Waals surface area contributed by atoms with Crippen LogP contribution in [0.1, 0.15) is 27.0 Å². The smallest absolute Gasteiger partial charge is 0.338 e. The van der Waals surface area contributed by atoms with Crippen LogP contribution in [0, 0.1) is 6.92 Å². The van der Waals surface area contributed by atoms with Crippen LogP contribution in [0.15, 0.2) is 41.6 Å². The van der Waals surface area contributed by atoms with Crippen molar-refractivity contribution >= 4 is 11.9 Å². The molecule has 0 saturated carbocycles. The summed E-state index contributed by atoms with van der Waals surface area (Å²) in [6.45, 7) is 3.14. The molecule has 4 heterocycles. The fourth-order valence-corrected chi connectivity index (χ4v) is 3.11. The monoisotopic (exact) mass is 336 g/mol. The summed E-state index contributed by atoms with van der Waals surface area (Å²) in [5.41, 5.74) is 4.08. The molecule has 7 heteroatoms. The molecule has 126 valence electrons. The number of carboxylic acids is 1. The minimum absolute atomic E-state index is 0.253. The predicted octanol–water partition coefficient (Wildman–Crippen LogP) is 2.70. The van der Waals surface area contributed by atoms with Crippen LogP contribution in [0.25, 0.3) is 11.3 Å². The second-order valence-corrected chi connectivity index (χ2v) is 6.03. The van der Waals surface area contributed by atoms with E-state index in [1.54, 1.807) is 24.7 Å². The lowest BCUT2D eigenvalue weighted by molar-refractivity contribution is 0.0696. The summed E-state index contributed by atoms with van der Waals surface area (Å²) < 4.78 is 5.07. The van der Waals surface area contributed by atoms with Gasteiger partial charge in [0.25, 0.3) is 0 Å². The van der Waals surface area contributed by atoms with Crippen molar-refractivity contribution in [3.05, 3.63) is 59.4 Å². The molecule has 0 spiro atoms. The normalized spacial score (nSPS) is 13.6. The number of carboxylic acid groups (broad SMARTS) is 1. The fourth-order valence-electron chi connectivity index (χ4n) is 3.11. The Morgan fingerprint density at radius 3 is 2.72 bits per heavy atom. The van der Waals surface area contributed by atoms with Crippen molar-refractivity contribution in [2.75, 3.05) is 11.4 Å². The third kappa shape index (κ3) is 2.73. The van der Waals surface area contributed by atoms with Crippen LogP contribution in [0.2, 0.25) is 0 Å². The second-order valence-electron chi connectivity index (χ2n) is 6.03. The Hall–Kier alpha value is -3.22. The predicted molar refractivity (Wildman–Crippen MR) is 90.4 cm³/mol. The van der Waals surface area contributed by atoms with E-state index in [4.69, 9.17) is 4.42 Å². The van der Waals surface area contributed by atoms with Crippen LogP contribution in [0.4, 0.5) is 5.95 Å². The molecule has 1 aliphatic rings. The lowest BCUT2D eigenvalue weighted by Crippen LogP contribution is -2.33. The van der Waals surface area contributed by atoms with Crippen LogP contribution in [-0.2, 0) is 13.0 Å². The Labute approximate surface area is 144 Å². The molecule has 0 aromatic carbocycles. The van der Waals surface area contributed by atoms with Crippen molar-refractivity contribution in [1.29, 1.82) is 0 Å². The Morgan fingerprint density at radius 1 is 1.24 bits per heavy atom. The third-order valence-corrected chi connectivity index (χ3v) is 4.33. The lowest BCUT2D eigenvalue weighted by atomic mass is 9.93. The van der Waals surface area contributed by atoms with Gasteiger partial charge in [-0.15, -0.1) is 0 Å². The van der Waals surface area contributed by atoms with Gasteiger partial charge in [-0.1, -0.05) is 0 Å². The van der Waals surface area contributed by atoms with Crippen molar-refractivity contribution in [3.8, 4) is 11.3 Å². The van der Waals surface area contributed by atoms with Crippen LogP contribution < -0.4 is 4.90 Å². The average Bonchev–Trinajstić information content (AvgIpc) is 3.15. The van der Waals surface area contributed by atoms with Crippen molar-refractivity contribution in [2.45, 2.75) is 19.9 Å². The van der Waals surface area contributed by atoms with E-state index in [1.165, 1.54) is 12.5 Å². The van der Waals surface area contributed by atoms with E-state index in [0.717, 1.165) is 16.7 Å². The molecule has 1 N–H and O–H groups in total. The second kappa shape index (κ2) is 6.01. The van der Waals surface area contributed by atoms with Gasteiger partial charge < -0.3 is 14.4 Å². The van der Waals surface area contributed by atoms with E-state index < -0.39 is 5.97 Å². The molecule has 7 nitrogen and oxygen atoms in total. The Bertz CT molecular complexity index is 920. The maximum absolute atomic E-state index is 11.9. The SMILES string of the molecule is Cc1cnc(N2CCc3c(cnc(-c4ccoc4)c3C(=O)O)C2)nc1. The number of anilines is 1. The first-order chi connectivity index (χ1) is 12.1. The van der Waals surface area contributed by atoms with Crippen LogP contribution >= 0.6 is 0 Å². The molecule has 4 rings (SSSR count). The average molecular weight is 336 g/mol. The number of furan rings is 1. The molecule has 0 aliphatic carbocycles. The molecule has 0 bridgehead atoms. The number of nitrogens with zero attached hydrogens (tertiary/aromatic N) is 4. The number of hydrogen-bond acceptors (Lipinski definition) is 6. The van der Waals surface area contributed by atoms with E-state index in [2.05, 4.69) is 15.0 Å². The topological polar surface area (TPSA) is 92.4 Å². The van der Waals surface area contributed by atoms with Gasteiger partial charge in [0.2, 0.25) is 5.95 Å². The Balaban J connectivity index is 1.73. The van der Waals surface area contributed by atoms with Crippen molar-refractivity contribution in [2.24, 2.45) is 0 Å². The molecule has 3 aromatic heterocycles. The zero-order valence-electron chi connectivity index (χ0n) is 13.6. The standard InChI is InChI=1S/C18H16N4O3/c1-11-6-20-18(21-7-11)22-4-2-14-13(9-22)8-19-16(15(14)17(23)24)12-3-5-25-10-12/h3,5-8,10H,2,4,9H2,1H3,(H,23,24). The summed E-state index contributed by atoms with van der Waals surface area (Å²) in [6, 6.07) is 1.72. The van der Waals surface area contributed by atoms with E-state index >= 15 is 0 Å². The van der Waals surface area contributed by atoms with Gasteiger partial charge in [-0.2, -0.15) is 0 Å². The van der Waals surface area contributed by atoms with Crippen LogP contribution in [-0.4, -0.2) is 32.6 Å². The lowest BCUT2D eigenvalue weighted by Gasteiger charge is -2.29. The highest BCUT2D eigenvalue weighted by atomic mass is 16.4. The maximum atomic E-state index is 11.9. The molecule has 0 radical (unpaired) electrons. The van der Waals surface area contributed by atoms with Crippen LogP contribution in [0.5, 0.6) is 0 Å². The van der Waals surface area contributed by atoms with Crippen molar-refractivity contribution < 1.29 is 14.3 Å². The van der Waals surface area contributed by atoms with Gasteiger partial charge in [0, 0.05) is 37.2 Å². The number of rotatable bonds is 3. The highest BCUT2D eigenvalue weighted by molar-refractivity contribution is 5.96. The number of aromatic nitrogens is 3. The molecule has 1 aliphatic heterocycles. The Kier molecular flexibility index (Phi) is 3.68. The minimum atomic E-state index is -0.972. The van der Waals surface area contributed by atoms with Gasteiger partial charge in [-0.05, 0) is 36.1 Å². The van der Waals surface area contributed by atoms with Crippen molar-refractivity contribution in [3.63, 3.8) is 0 Å². The van der Waals surface area contributed by atoms with E-state index in [9.17, 15) is 9.90 Å². The van der Waals surface area contributed by atoms with E-state index in [0.29, 0.717) is 36.7 Å². The van der Waals surface area contributed by atoms with Gasteiger partial charge in [0.1, 0.15) is 0 Å². The minimum Gasteiger partial charge on any atom is -0.478 e. The number of aromatic carboxylic acids is 1. The summed E-state index contributed by atoms with van der Waals surface area (Å²) in [4.78, 5) is 27.0. The maximum Gasteiger partial charge on any atom is 0.338 e. The molecule has 3 aromatic rings. The summed E-state index contributed by atoms with van der Waals surface area (Å²) in [7, 11) is 0. The molecule has 0 amide bonds. The fraction of sp³-hybridized carbons (Fsp3) is 0.222. The number of aryl methyl sites for hydroxylation is 1. The number of carbonyl (C=O) groups is 1. The summed E-state index contributed by atoms with van der Waals surface area (Å²) in [5.74, 6) is -0.326. The number of hydrogen-bond donors (Lipinski definition) is 1. The van der Waals surface area contributed by atoms with Gasteiger partial charge in [0.15, 0.2) is 0 Å². The summed E-state index contributed by atoms with van der Waals surface area (Å²) >= 11 is 0. The third-order valence-electron chi connectivity index (χ3n) is 4.33. The summed E-state index contributed by atoms with van der Waals surface area (Å²) in [5, 5.41) is 9.73. The van der Waals surface area contributed by atoms with Gasteiger partial charge >= 0.3 is 5.97 Å². The molecule has 0 unspecified atom stereocenters. The van der Waals surface area contributed by atoms with E-state index in [1.807, 2.05) is 11.8 Å².